The summed E-state index contributed by atoms with van der Waals surface area (Å²) in [6.45, 7) is 1.37. The maximum Gasteiger partial charge on any atom is 0.227 e. The summed E-state index contributed by atoms with van der Waals surface area (Å²) in [4.78, 5) is 26.3. The monoisotopic (exact) mass is 390 g/mol. The molecule has 2 N–H and O–H groups in total. The highest BCUT2D eigenvalue weighted by Gasteiger charge is 2.34. The average molecular weight is 390 g/mol. The van der Waals surface area contributed by atoms with Crippen LogP contribution in [0.3, 0.4) is 0 Å². The summed E-state index contributed by atoms with van der Waals surface area (Å²) in [5.74, 6) is 0.924. The molecule has 8 heteroatoms. The highest BCUT2D eigenvalue weighted by atomic mass is 16.2. The molecule has 4 rings (SSSR count). The van der Waals surface area contributed by atoms with Crippen molar-refractivity contribution in [2.24, 2.45) is 5.92 Å². The summed E-state index contributed by atoms with van der Waals surface area (Å²) >= 11 is 0. The van der Waals surface area contributed by atoms with Crippen molar-refractivity contribution in [3.63, 3.8) is 0 Å². The molecule has 0 bridgehead atoms. The van der Waals surface area contributed by atoms with Gasteiger partial charge in [0.1, 0.15) is 5.82 Å². The van der Waals surface area contributed by atoms with Crippen molar-refractivity contribution in [1.82, 2.24) is 20.1 Å². The number of nitrogens with zero attached hydrogens (tertiary/aromatic N) is 4. The van der Waals surface area contributed by atoms with Gasteiger partial charge in [-0.2, -0.15) is 0 Å². The lowest BCUT2D eigenvalue weighted by Gasteiger charge is -2.16. The minimum atomic E-state index is -0.330. The highest BCUT2D eigenvalue weighted by molar-refractivity contribution is 6.00. The van der Waals surface area contributed by atoms with Gasteiger partial charge in [0.2, 0.25) is 11.8 Å². The van der Waals surface area contributed by atoms with Crippen LogP contribution in [-0.2, 0) is 9.59 Å². The van der Waals surface area contributed by atoms with Gasteiger partial charge in [0, 0.05) is 44.1 Å². The second kappa shape index (κ2) is 8.55. The smallest absolute Gasteiger partial charge is 0.227 e. The Hall–Kier alpha value is -3.68. The van der Waals surface area contributed by atoms with Crippen LogP contribution >= 0.6 is 0 Å². The van der Waals surface area contributed by atoms with E-state index in [1.807, 2.05) is 71.6 Å². The van der Waals surface area contributed by atoms with Gasteiger partial charge in [0.25, 0.3) is 0 Å². The Kier molecular flexibility index (Phi) is 5.51. The van der Waals surface area contributed by atoms with Gasteiger partial charge in [-0.15, -0.1) is 10.2 Å². The van der Waals surface area contributed by atoms with Gasteiger partial charge in [-0.05, 0) is 36.4 Å². The van der Waals surface area contributed by atoms with E-state index in [-0.39, 0.29) is 24.2 Å². The number of anilines is 2. The molecule has 0 aliphatic carbocycles. The molecule has 0 radical (unpaired) electrons. The molecule has 29 heavy (non-hydrogen) atoms. The molecule has 0 saturated carbocycles. The van der Waals surface area contributed by atoms with E-state index in [2.05, 4.69) is 20.8 Å². The largest absolute Gasteiger partial charge is 0.367 e. The number of carbonyl (C=O) groups excluding carboxylic acids is 2. The molecule has 2 aromatic heterocycles. The first-order valence-corrected chi connectivity index (χ1v) is 9.55. The number of carbonyl (C=O) groups is 2. The normalized spacial score (nSPS) is 16.1. The molecule has 3 aromatic rings. The van der Waals surface area contributed by atoms with Crippen LogP contribution < -0.4 is 15.5 Å². The van der Waals surface area contributed by atoms with Crippen LogP contribution in [0.15, 0.2) is 67.0 Å². The maximum atomic E-state index is 12.4. The van der Waals surface area contributed by atoms with E-state index in [1.54, 1.807) is 4.90 Å². The van der Waals surface area contributed by atoms with Crippen LogP contribution in [0, 0.1) is 5.92 Å². The SMILES string of the molecule is O=C(NCCNc1ccc(-n2cccc2)nn1)C1CC(=O)N(c2ccccc2)C1. The van der Waals surface area contributed by atoms with E-state index in [0.717, 1.165) is 11.5 Å². The van der Waals surface area contributed by atoms with Crippen LogP contribution in [0.4, 0.5) is 11.5 Å². The van der Waals surface area contributed by atoms with E-state index in [9.17, 15) is 9.59 Å². The molecule has 1 aliphatic heterocycles. The fourth-order valence-electron chi connectivity index (χ4n) is 3.31. The fraction of sp³-hybridized carbons (Fsp3) is 0.238. The molecule has 2 amide bonds. The number of nitrogens with one attached hydrogen (secondary N) is 2. The van der Waals surface area contributed by atoms with Crippen molar-refractivity contribution in [3.05, 3.63) is 67.0 Å². The molecule has 1 fully saturated rings. The predicted octanol–water partition coefficient (Wildman–Crippen LogP) is 1.85. The highest BCUT2D eigenvalue weighted by Crippen LogP contribution is 2.24. The minimum Gasteiger partial charge on any atom is -0.367 e. The summed E-state index contributed by atoms with van der Waals surface area (Å²) in [5.41, 5.74) is 0.830. The van der Waals surface area contributed by atoms with Crippen molar-refractivity contribution in [2.45, 2.75) is 6.42 Å². The van der Waals surface area contributed by atoms with Crippen LogP contribution in [0.5, 0.6) is 0 Å². The number of amides is 2. The first-order valence-electron chi connectivity index (χ1n) is 9.55. The minimum absolute atomic E-state index is 0.0208. The Labute approximate surface area is 168 Å². The van der Waals surface area contributed by atoms with Gasteiger partial charge >= 0.3 is 0 Å². The average Bonchev–Trinajstić information content (AvgIpc) is 3.42. The predicted molar refractivity (Wildman–Crippen MR) is 110 cm³/mol. The molecule has 1 saturated heterocycles. The summed E-state index contributed by atoms with van der Waals surface area (Å²) < 4.78 is 1.87. The Morgan fingerprint density at radius 1 is 1.00 bits per heavy atom. The van der Waals surface area contributed by atoms with Crippen LogP contribution in [0.25, 0.3) is 5.82 Å². The molecule has 1 aliphatic rings. The molecule has 1 aromatic carbocycles. The molecule has 8 nitrogen and oxygen atoms in total. The van der Waals surface area contributed by atoms with Crippen LogP contribution in [-0.4, -0.2) is 46.2 Å². The first kappa shape index (κ1) is 18.7. The van der Waals surface area contributed by atoms with Crippen molar-refractivity contribution in [2.75, 3.05) is 29.9 Å². The summed E-state index contributed by atoms with van der Waals surface area (Å²) in [5, 5.41) is 14.3. The van der Waals surface area contributed by atoms with Crippen molar-refractivity contribution >= 4 is 23.3 Å². The standard InChI is InChI=1S/C21H22N6O2/c28-20-14-16(15-27(20)17-6-2-1-3-7-17)21(29)23-11-10-22-18-8-9-19(25-24-18)26-12-4-5-13-26/h1-9,12-13,16H,10-11,14-15H2,(H,22,24)(H,23,29). The molecule has 3 heterocycles. The fourth-order valence-corrected chi connectivity index (χ4v) is 3.31. The maximum absolute atomic E-state index is 12.4. The van der Waals surface area contributed by atoms with Crippen LogP contribution in [0.1, 0.15) is 6.42 Å². The Bertz CT molecular complexity index is 957. The van der Waals surface area contributed by atoms with E-state index in [1.165, 1.54) is 0 Å². The van der Waals surface area contributed by atoms with Crippen molar-refractivity contribution < 1.29 is 9.59 Å². The van der Waals surface area contributed by atoms with Gasteiger partial charge < -0.3 is 20.1 Å². The van der Waals surface area contributed by atoms with Gasteiger partial charge in [-0.25, -0.2) is 0 Å². The number of rotatable bonds is 7. The summed E-state index contributed by atoms with van der Waals surface area (Å²) in [7, 11) is 0. The van der Waals surface area contributed by atoms with E-state index in [4.69, 9.17) is 0 Å². The zero-order valence-electron chi connectivity index (χ0n) is 15.9. The molecule has 148 valence electrons. The number of benzene rings is 1. The third-order valence-corrected chi connectivity index (χ3v) is 4.81. The summed E-state index contributed by atoms with van der Waals surface area (Å²) in [6.07, 6.45) is 4.04. The van der Waals surface area contributed by atoms with Crippen molar-refractivity contribution in [1.29, 1.82) is 0 Å². The van der Waals surface area contributed by atoms with E-state index >= 15 is 0 Å². The third kappa shape index (κ3) is 4.43. The third-order valence-electron chi connectivity index (χ3n) is 4.81. The molecule has 1 unspecified atom stereocenters. The number of hydrogen-bond acceptors (Lipinski definition) is 5. The second-order valence-corrected chi connectivity index (χ2v) is 6.83. The Morgan fingerprint density at radius 2 is 1.79 bits per heavy atom. The number of aromatic nitrogens is 3. The van der Waals surface area contributed by atoms with Gasteiger partial charge in [-0.1, -0.05) is 18.2 Å². The van der Waals surface area contributed by atoms with Crippen molar-refractivity contribution in [3.8, 4) is 5.82 Å². The lowest BCUT2D eigenvalue weighted by molar-refractivity contribution is -0.126. The van der Waals surface area contributed by atoms with Crippen LogP contribution in [0.2, 0.25) is 0 Å². The number of hydrogen-bond donors (Lipinski definition) is 2. The summed E-state index contributed by atoms with van der Waals surface area (Å²) in [6, 6.07) is 17.0. The Morgan fingerprint density at radius 3 is 2.52 bits per heavy atom. The van der Waals surface area contributed by atoms with E-state index in [0.29, 0.717) is 25.5 Å². The lowest BCUT2D eigenvalue weighted by Crippen LogP contribution is -2.35. The van der Waals surface area contributed by atoms with Gasteiger partial charge in [-0.3, -0.25) is 9.59 Å². The number of para-hydroxylation sites is 1. The Balaban J connectivity index is 1.22. The topological polar surface area (TPSA) is 92.1 Å². The zero-order valence-corrected chi connectivity index (χ0v) is 15.9. The van der Waals surface area contributed by atoms with Gasteiger partial charge in [0.05, 0.1) is 5.92 Å². The molecule has 1 atom stereocenters. The zero-order chi connectivity index (χ0) is 20.1. The first-order chi connectivity index (χ1) is 14.2. The molecular formula is C21H22N6O2. The quantitative estimate of drug-likeness (QED) is 0.601. The molecule has 0 spiro atoms. The second-order valence-electron chi connectivity index (χ2n) is 6.83. The van der Waals surface area contributed by atoms with E-state index < -0.39 is 0 Å². The van der Waals surface area contributed by atoms with Gasteiger partial charge in [0.15, 0.2) is 5.82 Å². The lowest BCUT2D eigenvalue weighted by atomic mass is 10.1. The molecular weight excluding hydrogens is 368 g/mol.